The smallest absolute Gasteiger partial charge is 0.337 e. The Labute approximate surface area is 160 Å². The van der Waals surface area contributed by atoms with Crippen molar-refractivity contribution in [2.75, 3.05) is 35.9 Å². The molecular formula is C17H16ClFN2O5S. The molecule has 1 aliphatic rings. The van der Waals surface area contributed by atoms with Gasteiger partial charge in [0.05, 0.1) is 29.5 Å². The molecule has 1 aliphatic heterocycles. The highest BCUT2D eigenvalue weighted by molar-refractivity contribution is 7.92. The lowest BCUT2D eigenvalue weighted by Crippen LogP contribution is -2.36. The van der Waals surface area contributed by atoms with Crippen molar-refractivity contribution in [2.45, 2.75) is 4.90 Å². The fourth-order valence-corrected chi connectivity index (χ4v) is 4.32. The fraction of sp³-hybridized carbons (Fsp3) is 0.235. The van der Waals surface area contributed by atoms with E-state index in [1.807, 2.05) is 4.90 Å². The van der Waals surface area contributed by atoms with Crippen LogP contribution in [0, 0.1) is 5.82 Å². The van der Waals surface area contributed by atoms with E-state index < -0.39 is 21.8 Å². The van der Waals surface area contributed by atoms with E-state index >= 15 is 0 Å². The number of hydrogen-bond acceptors (Lipinski definition) is 5. The molecule has 1 heterocycles. The minimum absolute atomic E-state index is 0.111. The zero-order valence-corrected chi connectivity index (χ0v) is 15.6. The Hall–Kier alpha value is -2.36. The van der Waals surface area contributed by atoms with Gasteiger partial charge < -0.3 is 14.7 Å². The first kappa shape index (κ1) is 19.4. The second-order valence-corrected chi connectivity index (χ2v) is 7.87. The van der Waals surface area contributed by atoms with Crippen molar-refractivity contribution >= 4 is 39.0 Å². The topological polar surface area (TPSA) is 95.9 Å². The summed E-state index contributed by atoms with van der Waals surface area (Å²) in [6, 6.07) is 7.25. The van der Waals surface area contributed by atoms with Gasteiger partial charge in [-0.15, -0.1) is 0 Å². The summed E-state index contributed by atoms with van der Waals surface area (Å²) >= 11 is 5.82. The van der Waals surface area contributed by atoms with Gasteiger partial charge in [-0.25, -0.2) is 17.6 Å². The van der Waals surface area contributed by atoms with Crippen LogP contribution in [0.25, 0.3) is 0 Å². The number of nitrogens with one attached hydrogen (secondary N) is 1. The zero-order chi connectivity index (χ0) is 19.6. The second-order valence-electron chi connectivity index (χ2n) is 5.81. The Balaban J connectivity index is 1.94. The van der Waals surface area contributed by atoms with E-state index in [4.69, 9.17) is 16.3 Å². The number of benzene rings is 2. The van der Waals surface area contributed by atoms with Crippen molar-refractivity contribution in [1.82, 2.24) is 0 Å². The molecule has 0 spiro atoms. The third kappa shape index (κ3) is 4.32. The van der Waals surface area contributed by atoms with Gasteiger partial charge in [-0.2, -0.15) is 0 Å². The minimum Gasteiger partial charge on any atom is -0.478 e. The first-order valence-electron chi connectivity index (χ1n) is 7.96. The third-order valence-electron chi connectivity index (χ3n) is 4.04. The molecule has 0 unspecified atom stereocenters. The number of aromatic carboxylic acids is 1. The molecule has 0 aromatic heterocycles. The number of carboxylic acids is 1. The zero-order valence-electron chi connectivity index (χ0n) is 14.0. The number of ether oxygens (including phenoxy) is 1. The van der Waals surface area contributed by atoms with Crippen LogP contribution in [-0.4, -0.2) is 45.8 Å². The lowest BCUT2D eigenvalue weighted by molar-refractivity contribution is 0.0698. The first-order valence-corrected chi connectivity index (χ1v) is 9.82. The van der Waals surface area contributed by atoms with Crippen LogP contribution in [0.1, 0.15) is 10.4 Å². The van der Waals surface area contributed by atoms with E-state index in [1.165, 1.54) is 12.1 Å². The summed E-state index contributed by atoms with van der Waals surface area (Å²) in [5.41, 5.74) is 0.333. The summed E-state index contributed by atoms with van der Waals surface area (Å²) in [5, 5.41) is 9.19. The summed E-state index contributed by atoms with van der Waals surface area (Å²) in [6.45, 7) is 2.27. The molecule has 2 aromatic carbocycles. The standard InChI is InChI=1S/C17H16ClFN2O5S/c18-14-9-11(19)1-4-16(14)27(24,25)20-15-3-2-12(10-13(15)17(22)23)21-5-7-26-8-6-21/h1-4,9-10,20H,5-8H2,(H,22,23). The molecule has 0 bridgehead atoms. The maximum absolute atomic E-state index is 13.2. The Morgan fingerprint density at radius 3 is 2.52 bits per heavy atom. The number of halogens is 2. The molecule has 3 rings (SSSR count). The fourth-order valence-electron chi connectivity index (χ4n) is 2.71. The Bertz CT molecular complexity index is 977. The van der Waals surface area contributed by atoms with Crippen LogP contribution in [0.5, 0.6) is 0 Å². The quantitative estimate of drug-likeness (QED) is 0.781. The maximum atomic E-state index is 13.2. The molecule has 10 heteroatoms. The van der Waals surface area contributed by atoms with Gasteiger partial charge in [-0.1, -0.05) is 11.6 Å². The van der Waals surface area contributed by atoms with Gasteiger partial charge in [0, 0.05) is 18.8 Å². The number of carbonyl (C=O) groups is 1. The van der Waals surface area contributed by atoms with Crippen LogP contribution in [0.3, 0.4) is 0 Å². The van der Waals surface area contributed by atoms with Crippen molar-refractivity contribution in [3.63, 3.8) is 0 Å². The summed E-state index contributed by atoms with van der Waals surface area (Å²) in [4.78, 5) is 13.2. The predicted octanol–water partition coefficient (Wildman–Crippen LogP) is 2.81. The van der Waals surface area contributed by atoms with E-state index in [2.05, 4.69) is 4.72 Å². The molecule has 1 fully saturated rings. The van der Waals surface area contributed by atoms with E-state index in [0.29, 0.717) is 32.0 Å². The number of nitrogens with zero attached hydrogens (tertiary/aromatic N) is 1. The molecule has 7 nitrogen and oxygen atoms in total. The summed E-state index contributed by atoms with van der Waals surface area (Å²) in [7, 11) is -4.20. The Kier molecular flexibility index (Phi) is 5.54. The van der Waals surface area contributed by atoms with E-state index in [1.54, 1.807) is 6.07 Å². The van der Waals surface area contributed by atoms with Gasteiger partial charge in [0.1, 0.15) is 10.7 Å². The van der Waals surface area contributed by atoms with Gasteiger partial charge in [0.15, 0.2) is 0 Å². The van der Waals surface area contributed by atoms with E-state index in [9.17, 15) is 22.7 Å². The number of morpholine rings is 1. The van der Waals surface area contributed by atoms with Gasteiger partial charge in [-0.05, 0) is 36.4 Å². The molecule has 2 aromatic rings. The van der Waals surface area contributed by atoms with Crippen molar-refractivity contribution in [2.24, 2.45) is 0 Å². The molecule has 2 N–H and O–H groups in total. The van der Waals surface area contributed by atoms with E-state index in [-0.39, 0.29) is 21.2 Å². The van der Waals surface area contributed by atoms with Crippen LogP contribution in [0.15, 0.2) is 41.3 Å². The molecule has 27 heavy (non-hydrogen) atoms. The second kappa shape index (κ2) is 7.71. The van der Waals surface area contributed by atoms with Crippen LogP contribution < -0.4 is 9.62 Å². The van der Waals surface area contributed by atoms with Crippen molar-refractivity contribution < 1.29 is 27.4 Å². The summed E-state index contributed by atoms with van der Waals surface area (Å²) in [5.74, 6) is -1.96. The monoisotopic (exact) mass is 414 g/mol. The number of sulfonamides is 1. The van der Waals surface area contributed by atoms with E-state index in [0.717, 1.165) is 18.2 Å². The highest BCUT2D eigenvalue weighted by atomic mass is 35.5. The van der Waals surface area contributed by atoms with Crippen LogP contribution in [-0.2, 0) is 14.8 Å². The lowest BCUT2D eigenvalue weighted by atomic mass is 10.1. The number of carboxylic acid groups (broad SMARTS) is 1. The average molecular weight is 415 g/mol. The minimum atomic E-state index is -4.20. The normalized spacial score (nSPS) is 14.8. The third-order valence-corrected chi connectivity index (χ3v) is 5.89. The number of hydrogen-bond donors (Lipinski definition) is 2. The number of anilines is 2. The largest absolute Gasteiger partial charge is 0.478 e. The first-order chi connectivity index (χ1) is 12.8. The molecule has 0 aliphatic carbocycles. The van der Waals surface area contributed by atoms with Gasteiger partial charge in [0.25, 0.3) is 10.0 Å². The maximum Gasteiger partial charge on any atom is 0.337 e. The Morgan fingerprint density at radius 2 is 1.89 bits per heavy atom. The van der Waals surface area contributed by atoms with Gasteiger partial charge in [0.2, 0.25) is 0 Å². The molecule has 0 radical (unpaired) electrons. The molecule has 0 atom stereocenters. The lowest BCUT2D eigenvalue weighted by Gasteiger charge is -2.29. The molecule has 0 saturated carbocycles. The van der Waals surface area contributed by atoms with Crippen molar-refractivity contribution in [3.05, 3.63) is 52.8 Å². The summed E-state index contributed by atoms with van der Waals surface area (Å²) in [6.07, 6.45) is 0. The molecule has 144 valence electrons. The van der Waals surface area contributed by atoms with Crippen LogP contribution in [0.4, 0.5) is 15.8 Å². The van der Waals surface area contributed by atoms with Crippen LogP contribution in [0.2, 0.25) is 5.02 Å². The molecule has 1 saturated heterocycles. The molecular weight excluding hydrogens is 399 g/mol. The predicted molar refractivity (Wildman–Crippen MR) is 98.7 cm³/mol. The van der Waals surface area contributed by atoms with Gasteiger partial charge in [-0.3, -0.25) is 4.72 Å². The summed E-state index contributed by atoms with van der Waals surface area (Å²) < 4.78 is 45.8. The van der Waals surface area contributed by atoms with Gasteiger partial charge >= 0.3 is 5.97 Å². The van der Waals surface area contributed by atoms with Crippen molar-refractivity contribution in [3.8, 4) is 0 Å². The highest BCUT2D eigenvalue weighted by Gasteiger charge is 2.23. The number of rotatable bonds is 5. The Morgan fingerprint density at radius 1 is 1.19 bits per heavy atom. The highest BCUT2D eigenvalue weighted by Crippen LogP contribution is 2.28. The van der Waals surface area contributed by atoms with Crippen molar-refractivity contribution in [1.29, 1.82) is 0 Å². The molecule has 0 amide bonds. The van der Waals surface area contributed by atoms with Crippen LogP contribution >= 0.6 is 11.6 Å². The SMILES string of the molecule is O=C(O)c1cc(N2CCOCC2)ccc1NS(=O)(=O)c1ccc(F)cc1Cl. The average Bonchev–Trinajstić information content (AvgIpc) is 2.62.